The van der Waals surface area contributed by atoms with Crippen molar-refractivity contribution in [2.24, 2.45) is 0 Å². The molecular formula is C12H14BrFN2O. The van der Waals surface area contributed by atoms with E-state index in [1.54, 1.807) is 11.0 Å². The van der Waals surface area contributed by atoms with Gasteiger partial charge < -0.3 is 10.2 Å². The first-order valence-electron chi connectivity index (χ1n) is 5.54. The van der Waals surface area contributed by atoms with E-state index in [1.165, 1.54) is 12.1 Å². The lowest BCUT2D eigenvalue weighted by Crippen LogP contribution is -2.53. The molecule has 5 heteroatoms. The van der Waals surface area contributed by atoms with Gasteiger partial charge in [-0.15, -0.1) is 0 Å². The number of amides is 1. The highest BCUT2D eigenvalue weighted by atomic mass is 79.9. The number of halogens is 2. The largest absolute Gasteiger partial charge is 0.336 e. The molecule has 1 N–H and O–H groups in total. The summed E-state index contributed by atoms with van der Waals surface area (Å²) in [7, 11) is 0. The van der Waals surface area contributed by atoms with Gasteiger partial charge in [0.25, 0.3) is 0 Å². The second-order valence-electron chi connectivity index (χ2n) is 4.17. The van der Waals surface area contributed by atoms with Crippen molar-refractivity contribution < 1.29 is 9.18 Å². The molecule has 0 spiro atoms. The Hall–Kier alpha value is -0.940. The minimum absolute atomic E-state index is 0.0624. The van der Waals surface area contributed by atoms with Crippen LogP contribution in [0.3, 0.4) is 0 Å². The van der Waals surface area contributed by atoms with Crippen LogP contribution in [0.15, 0.2) is 22.7 Å². The van der Waals surface area contributed by atoms with Crippen LogP contribution in [-0.2, 0) is 11.3 Å². The Labute approximate surface area is 108 Å². The molecule has 1 amide bonds. The quantitative estimate of drug-likeness (QED) is 0.905. The van der Waals surface area contributed by atoms with Gasteiger partial charge in [-0.1, -0.05) is 15.9 Å². The van der Waals surface area contributed by atoms with E-state index in [9.17, 15) is 9.18 Å². The highest BCUT2D eigenvalue weighted by molar-refractivity contribution is 9.10. The molecule has 1 heterocycles. The Bertz CT molecular complexity index is 439. The number of rotatable bonds is 2. The van der Waals surface area contributed by atoms with Crippen molar-refractivity contribution in [2.45, 2.75) is 19.5 Å². The normalized spacial score (nSPS) is 20.8. The summed E-state index contributed by atoms with van der Waals surface area (Å²) < 4.78 is 14.0. The fourth-order valence-electron chi connectivity index (χ4n) is 1.91. The molecule has 1 aromatic rings. The number of piperazine rings is 1. The molecule has 0 aromatic heterocycles. The van der Waals surface area contributed by atoms with E-state index in [4.69, 9.17) is 0 Å². The lowest BCUT2D eigenvalue weighted by molar-refractivity contribution is -0.135. The summed E-state index contributed by atoms with van der Waals surface area (Å²) in [4.78, 5) is 13.6. The zero-order valence-corrected chi connectivity index (χ0v) is 11.1. The number of carbonyl (C=O) groups excluding carboxylic acids is 1. The molecule has 1 saturated heterocycles. The first-order valence-corrected chi connectivity index (χ1v) is 6.33. The molecule has 1 aliphatic rings. The molecule has 2 rings (SSSR count). The maximum absolute atomic E-state index is 13.1. The van der Waals surface area contributed by atoms with Crippen molar-refractivity contribution >= 4 is 21.8 Å². The van der Waals surface area contributed by atoms with Crippen molar-refractivity contribution in [2.75, 3.05) is 13.1 Å². The van der Waals surface area contributed by atoms with Gasteiger partial charge in [0.2, 0.25) is 5.91 Å². The van der Waals surface area contributed by atoms with Gasteiger partial charge >= 0.3 is 0 Å². The third-order valence-electron chi connectivity index (χ3n) is 2.88. The number of benzene rings is 1. The van der Waals surface area contributed by atoms with Gasteiger partial charge in [0.05, 0.1) is 6.04 Å². The fourth-order valence-corrected chi connectivity index (χ4v) is 2.29. The number of nitrogens with zero attached hydrogens (tertiary/aromatic N) is 1. The van der Waals surface area contributed by atoms with Crippen molar-refractivity contribution in [1.82, 2.24) is 10.2 Å². The van der Waals surface area contributed by atoms with E-state index in [0.29, 0.717) is 13.1 Å². The molecule has 1 aliphatic heterocycles. The van der Waals surface area contributed by atoms with Gasteiger partial charge in [-0.25, -0.2) is 4.39 Å². The van der Waals surface area contributed by atoms with Gasteiger partial charge in [-0.2, -0.15) is 0 Å². The predicted molar refractivity (Wildman–Crippen MR) is 67.0 cm³/mol. The van der Waals surface area contributed by atoms with E-state index in [1.807, 2.05) is 6.92 Å². The maximum Gasteiger partial charge on any atom is 0.239 e. The van der Waals surface area contributed by atoms with Crippen molar-refractivity contribution in [3.63, 3.8) is 0 Å². The molecule has 92 valence electrons. The zero-order valence-electron chi connectivity index (χ0n) is 9.54. The van der Waals surface area contributed by atoms with Crippen LogP contribution in [0.4, 0.5) is 4.39 Å². The molecule has 1 atom stereocenters. The minimum Gasteiger partial charge on any atom is -0.336 e. The van der Waals surface area contributed by atoms with Crippen molar-refractivity contribution in [1.29, 1.82) is 0 Å². The lowest BCUT2D eigenvalue weighted by atomic mass is 10.1. The van der Waals surface area contributed by atoms with E-state index >= 15 is 0 Å². The summed E-state index contributed by atoms with van der Waals surface area (Å²) in [5.41, 5.74) is 0.799. The molecule has 1 unspecified atom stereocenters. The Morgan fingerprint density at radius 1 is 1.59 bits per heavy atom. The highest BCUT2D eigenvalue weighted by Crippen LogP contribution is 2.20. The van der Waals surface area contributed by atoms with Crippen LogP contribution in [-0.4, -0.2) is 29.9 Å². The number of hydrogen-bond acceptors (Lipinski definition) is 2. The molecule has 0 aliphatic carbocycles. The van der Waals surface area contributed by atoms with Gasteiger partial charge in [0.15, 0.2) is 0 Å². The second kappa shape index (κ2) is 5.14. The number of hydrogen-bond donors (Lipinski definition) is 1. The van der Waals surface area contributed by atoms with Crippen molar-refractivity contribution in [3.05, 3.63) is 34.1 Å². The van der Waals surface area contributed by atoms with Gasteiger partial charge in [-0.05, 0) is 30.7 Å². The molecule has 0 radical (unpaired) electrons. The van der Waals surface area contributed by atoms with Gasteiger partial charge in [-0.3, -0.25) is 4.79 Å². The Balaban J connectivity index is 2.14. The molecule has 1 aromatic carbocycles. The zero-order chi connectivity index (χ0) is 12.4. The minimum atomic E-state index is -0.279. The van der Waals surface area contributed by atoms with Gasteiger partial charge in [0.1, 0.15) is 5.82 Å². The summed E-state index contributed by atoms with van der Waals surface area (Å²) in [6, 6.07) is 4.37. The van der Waals surface area contributed by atoms with E-state index < -0.39 is 0 Å². The monoisotopic (exact) mass is 300 g/mol. The molecule has 3 nitrogen and oxygen atoms in total. The van der Waals surface area contributed by atoms with Crippen LogP contribution in [0.25, 0.3) is 0 Å². The summed E-state index contributed by atoms with van der Waals surface area (Å²) in [6.07, 6.45) is 0. The lowest BCUT2D eigenvalue weighted by Gasteiger charge is -2.31. The third kappa shape index (κ3) is 2.84. The Morgan fingerprint density at radius 3 is 3.12 bits per heavy atom. The highest BCUT2D eigenvalue weighted by Gasteiger charge is 2.24. The van der Waals surface area contributed by atoms with Crippen LogP contribution >= 0.6 is 15.9 Å². The van der Waals surface area contributed by atoms with Crippen LogP contribution < -0.4 is 5.32 Å². The van der Waals surface area contributed by atoms with Crippen LogP contribution in [0, 0.1) is 5.82 Å². The summed E-state index contributed by atoms with van der Waals surface area (Å²) in [5.74, 6) is -0.216. The second-order valence-corrected chi connectivity index (χ2v) is 5.03. The first kappa shape index (κ1) is 12.5. The number of nitrogens with one attached hydrogen (secondary N) is 1. The Kier molecular flexibility index (Phi) is 3.79. The van der Waals surface area contributed by atoms with Crippen LogP contribution in [0.2, 0.25) is 0 Å². The topological polar surface area (TPSA) is 32.3 Å². The maximum atomic E-state index is 13.1. The van der Waals surface area contributed by atoms with E-state index in [2.05, 4.69) is 21.2 Å². The average Bonchev–Trinajstić information content (AvgIpc) is 2.30. The molecular weight excluding hydrogens is 287 g/mol. The molecule has 1 fully saturated rings. The predicted octanol–water partition coefficient (Wildman–Crippen LogP) is 1.91. The Morgan fingerprint density at radius 2 is 2.35 bits per heavy atom. The number of carbonyl (C=O) groups is 1. The molecule has 17 heavy (non-hydrogen) atoms. The third-order valence-corrected chi connectivity index (χ3v) is 3.66. The van der Waals surface area contributed by atoms with E-state index in [-0.39, 0.29) is 17.8 Å². The molecule has 0 saturated carbocycles. The van der Waals surface area contributed by atoms with Crippen LogP contribution in [0.5, 0.6) is 0 Å². The summed E-state index contributed by atoms with van der Waals surface area (Å²) in [5, 5.41) is 3.10. The first-order chi connectivity index (χ1) is 8.08. The summed E-state index contributed by atoms with van der Waals surface area (Å²) >= 11 is 3.37. The van der Waals surface area contributed by atoms with Crippen molar-refractivity contribution in [3.8, 4) is 0 Å². The molecule has 0 bridgehead atoms. The SMILES string of the molecule is CC1NCCN(Cc2cc(F)ccc2Br)C1=O. The van der Waals surface area contributed by atoms with E-state index in [0.717, 1.165) is 16.6 Å². The standard InChI is InChI=1S/C12H14BrFN2O/c1-8-12(17)16(5-4-15-8)7-9-6-10(14)2-3-11(9)13/h2-3,6,8,15H,4-5,7H2,1H3. The fraction of sp³-hybridized carbons (Fsp3) is 0.417. The smallest absolute Gasteiger partial charge is 0.239 e. The van der Waals surface area contributed by atoms with Crippen LogP contribution in [0.1, 0.15) is 12.5 Å². The van der Waals surface area contributed by atoms with Gasteiger partial charge in [0, 0.05) is 24.1 Å². The summed E-state index contributed by atoms with van der Waals surface area (Å²) in [6.45, 7) is 3.73. The average molecular weight is 301 g/mol.